The maximum Gasteiger partial charge on any atom is 0.266 e. The molecule has 3 rings (SSSR count). The van der Waals surface area contributed by atoms with E-state index in [1.54, 1.807) is 19.2 Å². The molecule has 0 saturated carbocycles. The van der Waals surface area contributed by atoms with Crippen molar-refractivity contribution in [1.29, 1.82) is 5.26 Å². The highest BCUT2D eigenvalue weighted by Crippen LogP contribution is 2.36. The summed E-state index contributed by atoms with van der Waals surface area (Å²) >= 11 is 0. The molecule has 1 amide bonds. The third kappa shape index (κ3) is 3.70. The molecular formula is C21H20N2O3. The Kier molecular flexibility index (Phi) is 4.94. The molecule has 0 spiro atoms. The van der Waals surface area contributed by atoms with Crippen LogP contribution < -0.4 is 14.8 Å². The number of fused-ring (bicyclic) bond motifs is 1. The Labute approximate surface area is 152 Å². The first-order valence-electron chi connectivity index (χ1n) is 8.37. The van der Waals surface area contributed by atoms with Gasteiger partial charge >= 0.3 is 0 Å². The predicted octanol–water partition coefficient (Wildman–Crippen LogP) is 3.87. The maximum absolute atomic E-state index is 12.4. The van der Waals surface area contributed by atoms with Crippen LogP contribution in [-0.2, 0) is 11.2 Å². The van der Waals surface area contributed by atoms with Gasteiger partial charge in [-0.3, -0.25) is 4.79 Å². The predicted molar refractivity (Wildman–Crippen MR) is 100 cm³/mol. The fourth-order valence-electron chi connectivity index (χ4n) is 2.88. The first-order chi connectivity index (χ1) is 12.5. The van der Waals surface area contributed by atoms with E-state index < -0.39 is 5.91 Å². The number of hydrogen-bond acceptors (Lipinski definition) is 4. The molecule has 1 heterocycles. The summed E-state index contributed by atoms with van der Waals surface area (Å²) in [5.74, 6) is 0.909. The van der Waals surface area contributed by atoms with Crippen molar-refractivity contribution in [3.05, 3.63) is 58.7 Å². The number of anilines is 1. The summed E-state index contributed by atoms with van der Waals surface area (Å²) in [6.45, 7) is 3.97. The van der Waals surface area contributed by atoms with Gasteiger partial charge in [-0.1, -0.05) is 17.7 Å². The second-order valence-corrected chi connectivity index (χ2v) is 6.32. The van der Waals surface area contributed by atoms with Gasteiger partial charge in [-0.05, 0) is 44.2 Å². The van der Waals surface area contributed by atoms with Crippen molar-refractivity contribution >= 4 is 17.7 Å². The van der Waals surface area contributed by atoms with E-state index in [9.17, 15) is 10.1 Å². The first-order valence-corrected chi connectivity index (χ1v) is 8.37. The maximum atomic E-state index is 12.4. The number of nitrogens with one attached hydrogen (secondary N) is 1. The second kappa shape index (κ2) is 7.32. The van der Waals surface area contributed by atoms with Crippen LogP contribution in [0, 0.1) is 18.3 Å². The van der Waals surface area contributed by atoms with E-state index in [-0.39, 0.29) is 11.7 Å². The van der Waals surface area contributed by atoms with E-state index in [1.807, 2.05) is 44.2 Å². The zero-order valence-corrected chi connectivity index (χ0v) is 15.0. The third-order valence-corrected chi connectivity index (χ3v) is 4.22. The van der Waals surface area contributed by atoms with E-state index in [1.165, 1.54) is 6.08 Å². The molecule has 0 aromatic heterocycles. The van der Waals surface area contributed by atoms with Crippen molar-refractivity contribution in [3.8, 4) is 17.6 Å². The average Bonchev–Trinajstić information content (AvgIpc) is 2.99. The zero-order valence-electron chi connectivity index (χ0n) is 15.0. The van der Waals surface area contributed by atoms with E-state index in [0.717, 1.165) is 23.3 Å². The van der Waals surface area contributed by atoms with Gasteiger partial charge in [0.15, 0.2) is 0 Å². The van der Waals surface area contributed by atoms with Crippen molar-refractivity contribution in [1.82, 2.24) is 0 Å². The molecule has 2 aromatic carbocycles. The van der Waals surface area contributed by atoms with Crippen LogP contribution in [0.5, 0.6) is 11.5 Å². The Morgan fingerprint density at radius 3 is 2.73 bits per heavy atom. The van der Waals surface area contributed by atoms with Crippen molar-refractivity contribution in [2.24, 2.45) is 0 Å². The average molecular weight is 348 g/mol. The molecule has 5 heteroatoms. The zero-order chi connectivity index (χ0) is 18.7. The van der Waals surface area contributed by atoms with Crippen LogP contribution in [0.25, 0.3) is 6.08 Å². The van der Waals surface area contributed by atoms with Gasteiger partial charge in [-0.25, -0.2) is 0 Å². The monoisotopic (exact) mass is 348 g/mol. The summed E-state index contributed by atoms with van der Waals surface area (Å²) in [5.41, 5.74) is 3.43. The number of methoxy groups -OCH3 is 1. The topological polar surface area (TPSA) is 71.3 Å². The lowest BCUT2D eigenvalue weighted by Gasteiger charge is -2.09. The number of carbonyl (C=O) groups is 1. The lowest BCUT2D eigenvalue weighted by atomic mass is 10.0. The lowest BCUT2D eigenvalue weighted by molar-refractivity contribution is -0.112. The molecule has 132 valence electrons. The Hall–Kier alpha value is -3.26. The van der Waals surface area contributed by atoms with Crippen LogP contribution in [0.1, 0.15) is 23.6 Å². The fourth-order valence-corrected chi connectivity index (χ4v) is 2.88. The highest BCUT2D eigenvalue weighted by molar-refractivity contribution is 6.09. The number of ether oxygens (including phenoxy) is 2. The third-order valence-electron chi connectivity index (χ3n) is 4.22. The second-order valence-electron chi connectivity index (χ2n) is 6.32. The van der Waals surface area contributed by atoms with Gasteiger partial charge in [0.2, 0.25) is 0 Å². The summed E-state index contributed by atoms with van der Waals surface area (Å²) < 4.78 is 11.2. The molecular weight excluding hydrogens is 328 g/mol. The normalized spacial score (nSPS) is 15.6. The molecule has 0 saturated heterocycles. The Balaban J connectivity index is 1.89. The Morgan fingerprint density at radius 2 is 2.08 bits per heavy atom. The smallest absolute Gasteiger partial charge is 0.266 e. The summed E-state index contributed by atoms with van der Waals surface area (Å²) in [6, 6.07) is 13.1. The van der Waals surface area contributed by atoms with Gasteiger partial charge in [0, 0.05) is 23.2 Å². The fraction of sp³-hybridized carbons (Fsp3) is 0.238. The van der Waals surface area contributed by atoms with E-state index >= 15 is 0 Å². The molecule has 26 heavy (non-hydrogen) atoms. The van der Waals surface area contributed by atoms with Crippen molar-refractivity contribution in [3.63, 3.8) is 0 Å². The number of nitrogens with zero attached hydrogens (tertiary/aromatic N) is 1. The van der Waals surface area contributed by atoms with Gasteiger partial charge in [-0.15, -0.1) is 0 Å². The minimum Gasteiger partial charge on any atom is -0.496 e. The summed E-state index contributed by atoms with van der Waals surface area (Å²) in [4.78, 5) is 12.4. The molecule has 0 fully saturated rings. The molecule has 1 aliphatic heterocycles. The molecule has 1 aliphatic rings. The number of carbonyl (C=O) groups excluding carboxylic acids is 1. The molecule has 0 bridgehead atoms. The highest BCUT2D eigenvalue weighted by Gasteiger charge is 2.22. The molecule has 0 aliphatic carbocycles. The van der Waals surface area contributed by atoms with Gasteiger partial charge in [-0.2, -0.15) is 5.26 Å². The van der Waals surface area contributed by atoms with Crippen molar-refractivity contribution < 1.29 is 14.3 Å². The summed E-state index contributed by atoms with van der Waals surface area (Å²) in [6.07, 6.45) is 2.44. The van der Waals surface area contributed by atoms with Gasteiger partial charge in [0.25, 0.3) is 5.91 Å². The first kappa shape index (κ1) is 17.6. The van der Waals surface area contributed by atoms with Crippen molar-refractivity contribution in [2.75, 3.05) is 12.4 Å². The van der Waals surface area contributed by atoms with E-state index in [4.69, 9.17) is 9.47 Å². The minimum atomic E-state index is -0.465. The Bertz CT molecular complexity index is 908. The van der Waals surface area contributed by atoms with Crippen LogP contribution in [0.4, 0.5) is 5.69 Å². The standard InChI is InChI=1S/C21H20N2O3/c1-13-4-6-18(7-5-13)23-21(24)17(12-22)9-16-11-20-15(8-14(2)26-20)10-19(16)25-3/h4-7,9-11,14H,8H2,1-3H3,(H,23,24)/b17-9+. The quantitative estimate of drug-likeness (QED) is 0.672. The largest absolute Gasteiger partial charge is 0.496 e. The van der Waals surface area contributed by atoms with Crippen LogP contribution >= 0.6 is 0 Å². The number of rotatable bonds is 4. The molecule has 0 radical (unpaired) electrons. The van der Waals surface area contributed by atoms with Gasteiger partial charge < -0.3 is 14.8 Å². The number of amides is 1. The van der Waals surface area contributed by atoms with Crippen LogP contribution in [0.3, 0.4) is 0 Å². The van der Waals surface area contributed by atoms with Crippen LogP contribution in [0.15, 0.2) is 42.0 Å². The molecule has 2 aromatic rings. The Morgan fingerprint density at radius 1 is 1.35 bits per heavy atom. The molecule has 5 nitrogen and oxygen atoms in total. The lowest BCUT2D eigenvalue weighted by Crippen LogP contribution is -2.13. The summed E-state index contributed by atoms with van der Waals surface area (Å²) in [7, 11) is 1.57. The van der Waals surface area contributed by atoms with Gasteiger partial charge in [0.1, 0.15) is 29.2 Å². The molecule has 1 unspecified atom stereocenters. The number of aryl methyl sites for hydroxylation is 1. The highest BCUT2D eigenvalue weighted by atomic mass is 16.5. The van der Waals surface area contributed by atoms with E-state index in [2.05, 4.69) is 5.32 Å². The number of nitriles is 1. The SMILES string of the molecule is COc1cc2c(cc1/C=C(\C#N)C(=O)Nc1ccc(C)cc1)OC(C)C2. The number of hydrogen-bond donors (Lipinski definition) is 1. The van der Waals surface area contributed by atoms with Crippen LogP contribution in [-0.4, -0.2) is 19.1 Å². The number of benzene rings is 2. The van der Waals surface area contributed by atoms with E-state index in [0.29, 0.717) is 17.0 Å². The summed E-state index contributed by atoms with van der Waals surface area (Å²) in [5, 5.41) is 12.2. The molecule has 1 atom stereocenters. The van der Waals surface area contributed by atoms with Crippen LogP contribution in [0.2, 0.25) is 0 Å². The van der Waals surface area contributed by atoms with Crippen molar-refractivity contribution in [2.45, 2.75) is 26.4 Å². The minimum absolute atomic E-state index is 0.00475. The van der Waals surface area contributed by atoms with Gasteiger partial charge in [0.05, 0.1) is 7.11 Å². The molecule has 1 N–H and O–H groups in total.